The number of aryl methyl sites for hydroxylation is 2. The highest BCUT2D eigenvalue weighted by Crippen LogP contribution is 2.29. The van der Waals surface area contributed by atoms with Crippen LogP contribution in [0, 0.1) is 13.8 Å². The van der Waals surface area contributed by atoms with Crippen LogP contribution in [0.2, 0.25) is 0 Å². The number of hydrogen-bond acceptors (Lipinski definition) is 4. The van der Waals surface area contributed by atoms with Gasteiger partial charge in [-0.1, -0.05) is 12.1 Å². The van der Waals surface area contributed by atoms with Crippen LogP contribution in [0.5, 0.6) is 11.5 Å². The van der Waals surface area contributed by atoms with Crippen LogP contribution in [-0.4, -0.2) is 26.7 Å². The molecule has 0 unspecified atom stereocenters. The van der Waals surface area contributed by atoms with Gasteiger partial charge < -0.3 is 20.1 Å². The van der Waals surface area contributed by atoms with E-state index in [9.17, 15) is 4.79 Å². The Bertz CT molecular complexity index is 714. The highest BCUT2D eigenvalue weighted by molar-refractivity contribution is 5.92. The van der Waals surface area contributed by atoms with E-state index in [1.54, 1.807) is 32.4 Å². The lowest BCUT2D eigenvalue weighted by Crippen LogP contribution is -2.17. The minimum Gasteiger partial charge on any atom is -0.497 e. The van der Waals surface area contributed by atoms with Crippen molar-refractivity contribution in [2.75, 3.05) is 31.4 Å². The van der Waals surface area contributed by atoms with Crippen molar-refractivity contribution in [3.63, 3.8) is 0 Å². The van der Waals surface area contributed by atoms with E-state index in [1.807, 2.05) is 13.8 Å². The van der Waals surface area contributed by atoms with Crippen LogP contribution < -0.4 is 20.1 Å². The van der Waals surface area contributed by atoms with Crippen LogP contribution in [-0.2, 0) is 4.79 Å². The first-order valence-corrected chi connectivity index (χ1v) is 7.86. The van der Waals surface area contributed by atoms with Crippen LogP contribution in [0.4, 0.5) is 11.4 Å². The van der Waals surface area contributed by atoms with E-state index in [1.165, 1.54) is 5.56 Å². The minimum absolute atomic E-state index is 0.0729. The second-order valence-electron chi connectivity index (χ2n) is 5.61. The zero-order chi connectivity index (χ0) is 17.5. The van der Waals surface area contributed by atoms with Crippen molar-refractivity contribution in [1.29, 1.82) is 0 Å². The molecule has 128 valence electrons. The van der Waals surface area contributed by atoms with Crippen molar-refractivity contribution in [2.24, 2.45) is 0 Å². The number of nitrogens with one attached hydrogen (secondary N) is 2. The largest absolute Gasteiger partial charge is 0.497 e. The minimum atomic E-state index is -0.0729. The number of methoxy groups -OCH3 is 2. The number of amides is 1. The molecular weight excluding hydrogens is 304 g/mol. The summed E-state index contributed by atoms with van der Waals surface area (Å²) in [7, 11) is 3.15. The molecule has 0 heterocycles. The quantitative estimate of drug-likeness (QED) is 0.812. The summed E-state index contributed by atoms with van der Waals surface area (Å²) in [4.78, 5) is 12.1. The molecule has 0 saturated carbocycles. The summed E-state index contributed by atoms with van der Waals surface area (Å²) in [6.07, 6.45) is 0.364. The molecule has 5 heteroatoms. The van der Waals surface area contributed by atoms with Crippen LogP contribution >= 0.6 is 0 Å². The van der Waals surface area contributed by atoms with Gasteiger partial charge in [0.1, 0.15) is 11.5 Å². The predicted octanol–water partition coefficient (Wildman–Crippen LogP) is 3.76. The summed E-state index contributed by atoms with van der Waals surface area (Å²) in [5, 5.41) is 6.17. The monoisotopic (exact) mass is 328 g/mol. The standard InChI is InChI=1S/C19H24N2O3/c1-13-5-6-14(2)17(11-13)20-10-9-19(22)21-16-8-7-15(23-3)12-18(16)24-4/h5-8,11-12,20H,9-10H2,1-4H3,(H,21,22). The summed E-state index contributed by atoms with van der Waals surface area (Å²) in [5.74, 6) is 1.18. The molecule has 24 heavy (non-hydrogen) atoms. The lowest BCUT2D eigenvalue weighted by Gasteiger charge is -2.13. The van der Waals surface area contributed by atoms with Gasteiger partial charge in [-0.3, -0.25) is 4.79 Å². The van der Waals surface area contributed by atoms with Crippen molar-refractivity contribution in [2.45, 2.75) is 20.3 Å². The molecule has 0 atom stereocenters. The molecule has 1 amide bonds. The lowest BCUT2D eigenvalue weighted by atomic mass is 10.1. The summed E-state index contributed by atoms with van der Waals surface area (Å²) in [6, 6.07) is 11.5. The summed E-state index contributed by atoms with van der Waals surface area (Å²) in [5.41, 5.74) is 4.05. The zero-order valence-electron chi connectivity index (χ0n) is 14.6. The maximum Gasteiger partial charge on any atom is 0.226 e. The number of ether oxygens (including phenoxy) is 2. The maximum absolute atomic E-state index is 12.1. The molecule has 5 nitrogen and oxygen atoms in total. The summed E-state index contributed by atoms with van der Waals surface area (Å²) in [6.45, 7) is 4.66. The van der Waals surface area contributed by atoms with E-state index in [-0.39, 0.29) is 5.91 Å². The van der Waals surface area contributed by atoms with Crippen molar-refractivity contribution >= 4 is 17.3 Å². The first kappa shape index (κ1) is 17.7. The Morgan fingerprint density at radius 2 is 1.79 bits per heavy atom. The first-order valence-electron chi connectivity index (χ1n) is 7.86. The Morgan fingerprint density at radius 1 is 1.00 bits per heavy atom. The second-order valence-corrected chi connectivity index (χ2v) is 5.61. The molecular formula is C19H24N2O3. The van der Waals surface area contributed by atoms with Gasteiger partial charge in [-0.05, 0) is 43.2 Å². The van der Waals surface area contributed by atoms with Gasteiger partial charge in [0.2, 0.25) is 5.91 Å². The van der Waals surface area contributed by atoms with Gasteiger partial charge in [-0.2, -0.15) is 0 Å². The number of rotatable bonds is 7. The lowest BCUT2D eigenvalue weighted by molar-refractivity contribution is -0.116. The van der Waals surface area contributed by atoms with Crippen LogP contribution in [0.1, 0.15) is 17.5 Å². The first-order chi connectivity index (χ1) is 11.5. The molecule has 0 radical (unpaired) electrons. The van der Waals surface area contributed by atoms with Gasteiger partial charge in [0.15, 0.2) is 0 Å². The molecule has 0 saturated heterocycles. The normalized spacial score (nSPS) is 10.2. The molecule has 2 aromatic carbocycles. The highest BCUT2D eigenvalue weighted by Gasteiger charge is 2.09. The molecule has 2 N–H and O–H groups in total. The predicted molar refractivity (Wildman–Crippen MR) is 97.2 cm³/mol. The van der Waals surface area contributed by atoms with E-state index >= 15 is 0 Å². The van der Waals surface area contributed by atoms with Gasteiger partial charge in [0.05, 0.1) is 19.9 Å². The molecule has 0 fully saturated rings. The van der Waals surface area contributed by atoms with E-state index < -0.39 is 0 Å². The number of anilines is 2. The highest BCUT2D eigenvalue weighted by atomic mass is 16.5. The zero-order valence-corrected chi connectivity index (χ0v) is 14.6. The van der Waals surface area contributed by atoms with Crippen molar-refractivity contribution < 1.29 is 14.3 Å². The van der Waals surface area contributed by atoms with Gasteiger partial charge in [0.25, 0.3) is 0 Å². The maximum atomic E-state index is 12.1. The third kappa shape index (κ3) is 4.65. The van der Waals surface area contributed by atoms with E-state index in [0.717, 1.165) is 11.3 Å². The van der Waals surface area contributed by atoms with Crippen LogP contribution in [0.3, 0.4) is 0 Å². The summed E-state index contributed by atoms with van der Waals surface area (Å²) < 4.78 is 10.4. The van der Waals surface area contributed by atoms with Crippen LogP contribution in [0.15, 0.2) is 36.4 Å². The van der Waals surface area contributed by atoms with Crippen LogP contribution in [0.25, 0.3) is 0 Å². The van der Waals surface area contributed by atoms with E-state index in [2.05, 4.69) is 28.8 Å². The van der Waals surface area contributed by atoms with Gasteiger partial charge >= 0.3 is 0 Å². The Labute approximate surface area is 143 Å². The number of carbonyl (C=O) groups is 1. The molecule has 0 spiro atoms. The van der Waals surface area contributed by atoms with Crippen molar-refractivity contribution in [3.05, 3.63) is 47.5 Å². The topological polar surface area (TPSA) is 59.6 Å². The number of benzene rings is 2. The van der Waals surface area contributed by atoms with E-state index in [4.69, 9.17) is 9.47 Å². The molecule has 0 bridgehead atoms. The van der Waals surface area contributed by atoms with Gasteiger partial charge in [0, 0.05) is 24.7 Å². The third-order valence-electron chi connectivity index (χ3n) is 3.74. The smallest absolute Gasteiger partial charge is 0.226 e. The number of hydrogen-bond donors (Lipinski definition) is 2. The van der Waals surface area contributed by atoms with Crippen molar-refractivity contribution in [3.8, 4) is 11.5 Å². The Kier molecular flexibility index (Phi) is 6.07. The van der Waals surface area contributed by atoms with Gasteiger partial charge in [-0.15, -0.1) is 0 Å². The Balaban J connectivity index is 1.90. The fourth-order valence-electron chi connectivity index (χ4n) is 2.35. The Morgan fingerprint density at radius 3 is 2.50 bits per heavy atom. The third-order valence-corrected chi connectivity index (χ3v) is 3.74. The number of carbonyl (C=O) groups excluding carboxylic acids is 1. The molecule has 0 aliphatic rings. The van der Waals surface area contributed by atoms with Gasteiger partial charge in [-0.25, -0.2) is 0 Å². The van der Waals surface area contributed by atoms with E-state index in [0.29, 0.717) is 30.2 Å². The average Bonchev–Trinajstić information content (AvgIpc) is 2.58. The fourth-order valence-corrected chi connectivity index (χ4v) is 2.35. The molecule has 0 aliphatic carbocycles. The fraction of sp³-hybridized carbons (Fsp3) is 0.316. The summed E-state index contributed by atoms with van der Waals surface area (Å²) >= 11 is 0. The SMILES string of the molecule is COc1ccc(NC(=O)CCNc2cc(C)ccc2C)c(OC)c1. The Hall–Kier alpha value is -2.69. The second kappa shape index (κ2) is 8.24. The molecule has 2 rings (SSSR count). The molecule has 2 aromatic rings. The molecule has 0 aromatic heterocycles. The van der Waals surface area contributed by atoms with Crippen molar-refractivity contribution in [1.82, 2.24) is 0 Å². The molecule has 0 aliphatic heterocycles. The average molecular weight is 328 g/mol.